The van der Waals surface area contributed by atoms with E-state index < -0.39 is 25.1 Å². The lowest BCUT2D eigenvalue weighted by atomic mass is 10.1. The van der Waals surface area contributed by atoms with Gasteiger partial charge in [0.1, 0.15) is 5.75 Å². The number of benzene rings is 1. The molecule has 1 amide bonds. The SMILES string of the molecule is COc1ccc(C(=O)C(NC(C)=O)P(=O)(OC)OC)cc1. The third kappa shape index (κ3) is 4.14. The van der Waals surface area contributed by atoms with Crippen LogP contribution < -0.4 is 10.1 Å². The van der Waals surface area contributed by atoms with E-state index in [1.54, 1.807) is 12.1 Å². The summed E-state index contributed by atoms with van der Waals surface area (Å²) in [5.74, 6) is -1.92. The van der Waals surface area contributed by atoms with Crippen molar-refractivity contribution >= 4 is 19.3 Å². The Morgan fingerprint density at radius 1 is 1.10 bits per heavy atom. The maximum atomic E-state index is 12.5. The van der Waals surface area contributed by atoms with Gasteiger partial charge in [-0.05, 0) is 24.3 Å². The van der Waals surface area contributed by atoms with Crippen molar-refractivity contribution in [2.75, 3.05) is 21.3 Å². The van der Waals surface area contributed by atoms with E-state index in [1.165, 1.54) is 26.2 Å². The molecule has 0 aromatic heterocycles. The van der Waals surface area contributed by atoms with Gasteiger partial charge in [0, 0.05) is 26.7 Å². The number of amides is 1. The number of hydrogen-bond donors (Lipinski definition) is 1. The second kappa shape index (κ2) is 7.36. The largest absolute Gasteiger partial charge is 0.497 e. The third-order valence-corrected chi connectivity index (χ3v) is 4.80. The maximum absolute atomic E-state index is 12.5. The molecule has 0 aliphatic carbocycles. The molecule has 7 nitrogen and oxygen atoms in total. The molecule has 1 N–H and O–H groups in total. The van der Waals surface area contributed by atoms with Gasteiger partial charge in [0.15, 0.2) is 11.6 Å². The highest BCUT2D eigenvalue weighted by atomic mass is 31.2. The van der Waals surface area contributed by atoms with Crippen molar-refractivity contribution in [3.8, 4) is 5.75 Å². The van der Waals surface area contributed by atoms with Crippen LogP contribution in [-0.4, -0.2) is 38.8 Å². The quantitative estimate of drug-likeness (QED) is 0.610. The molecule has 1 rings (SSSR count). The summed E-state index contributed by atoms with van der Waals surface area (Å²) < 4.78 is 27.0. The predicted octanol–water partition coefficient (Wildman–Crippen LogP) is 1.83. The van der Waals surface area contributed by atoms with Crippen LogP contribution in [0.3, 0.4) is 0 Å². The van der Waals surface area contributed by atoms with Gasteiger partial charge in [0.25, 0.3) is 0 Å². The fourth-order valence-electron chi connectivity index (χ4n) is 1.68. The minimum atomic E-state index is -3.80. The number of ether oxygens (including phenoxy) is 1. The van der Waals surface area contributed by atoms with E-state index in [4.69, 9.17) is 13.8 Å². The number of ketones is 1. The molecule has 8 heteroatoms. The lowest BCUT2D eigenvalue weighted by molar-refractivity contribution is -0.119. The smallest absolute Gasteiger partial charge is 0.360 e. The van der Waals surface area contributed by atoms with Crippen LogP contribution in [0.4, 0.5) is 0 Å². The molecule has 1 unspecified atom stereocenters. The Kier molecular flexibility index (Phi) is 6.08. The van der Waals surface area contributed by atoms with Gasteiger partial charge in [-0.1, -0.05) is 0 Å². The first-order chi connectivity index (χ1) is 9.87. The van der Waals surface area contributed by atoms with Gasteiger partial charge in [-0.2, -0.15) is 0 Å². The monoisotopic (exact) mass is 315 g/mol. The molecule has 0 saturated carbocycles. The molecule has 0 radical (unpaired) electrons. The molecule has 0 fully saturated rings. The number of nitrogens with one attached hydrogen (secondary N) is 1. The molecular formula is C13H18NO6P. The number of Topliss-reactive ketones (excluding diaryl/α,β-unsaturated/α-hetero) is 1. The van der Waals surface area contributed by atoms with Crippen LogP contribution in [0.2, 0.25) is 0 Å². The van der Waals surface area contributed by atoms with Gasteiger partial charge in [-0.15, -0.1) is 0 Å². The Labute approximate surface area is 123 Å². The fourth-order valence-corrected chi connectivity index (χ4v) is 3.03. The fraction of sp³-hybridized carbons (Fsp3) is 0.385. The topological polar surface area (TPSA) is 90.9 Å². The van der Waals surface area contributed by atoms with Gasteiger partial charge in [-0.3, -0.25) is 14.2 Å². The number of carbonyl (C=O) groups excluding carboxylic acids is 2. The molecule has 0 aliphatic rings. The Bertz CT molecular complexity index is 548. The average molecular weight is 315 g/mol. The second-order valence-corrected chi connectivity index (χ2v) is 6.43. The molecule has 0 aliphatic heterocycles. The molecular weight excluding hydrogens is 297 g/mol. The van der Waals surface area contributed by atoms with Crippen molar-refractivity contribution in [2.24, 2.45) is 0 Å². The summed E-state index contributed by atoms with van der Waals surface area (Å²) >= 11 is 0. The van der Waals surface area contributed by atoms with Gasteiger partial charge in [-0.25, -0.2) is 0 Å². The lowest BCUT2D eigenvalue weighted by Gasteiger charge is -2.23. The molecule has 1 aromatic carbocycles. The number of carbonyl (C=O) groups is 2. The van der Waals surface area contributed by atoms with Crippen LogP contribution in [-0.2, 0) is 18.4 Å². The Morgan fingerprint density at radius 3 is 2.00 bits per heavy atom. The Morgan fingerprint density at radius 2 is 1.62 bits per heavy atom. The highest BCUT2D eigenvalue weighted by molar-refractivity contribution is 7.55. The van der Waals surface area contributed by atoms with Crippen molar-refractivity contribution in [1.82, 2.24) is 5.32 Å². The molecule has 0 saturated heterocycles. The summed E-state index contributed by atoms with van der Waals surface area (Å²) in [6.45, 7) is 1.21. The zero-order valence-electron chi connectivity index (χ0n) is 12.3. The third-order valence-electron chi connectivity index (χ3n) is 2.79. The maximum Gasteiger partial charge on any atom is 0.360 e. The average Bonchev–Trinajstić information content (AvgIpc) is 2.51. The molecule has 1 aromatic rings. The molecule has 0 heterocycles. The van der Waals surface area contributed by atoms with Crippen LogP contribution >= 0.6 is 7.60 Å². The Hall–Kier alpha value is -1.69. The summed E-state index contributed by atoms with van der Waals surface area (Å²) in [5, 5.41) is 2.32. The minimum absolute atomic E-state index is 0.254. The van der Waals surface area contributed by atoms with E-state index in [0.717, 1.165) is 14.2 Å². The number of rotatable bonds is 7. The molecule has 1 atom stereocenters. The standard InChI is InChI=1S/C13H18NO6P/c1-9(15)14-13(21(17,19-3)20-4)12(16)10-5-7-11(18-2)8-6-10/h5-8,13H,1-4H3,(H,14,15). The van der Waals surface area contributed by atoms with E-state index in [-0.39, 0.29) is 5.56 Å². The summed E-state index contributed by atoms with van der Waals surface area (Å²) in [4.78, 5) is 23.7. The van der Waals surface area contributed by atoms with Crippen LogP contribution in [0.5, 0.6) is 5.75 Å². The minimum Gasteiger partial charge on any atom is -0.497 e. The first kappa shape index (κ1) is 17.4. The zero-order valence-corrected chi connectivity index (χ0v) is 13.2. The number of hydrogen-bond acceptors (Lipinski definition) is 6. The van der Waals surface area contributed by atoms with Crippen LogP contribution in [0.1, 0.15) is 17.3 Å². The van der Waals surface area contributed by atoms with Crippen molar-refractivity contribution in [3.05, 3.63) is 29.8 Å². The zero-order chi connectivity index (χ0) is 16.0. The van der Waals surface area contributed by atoms with Gasteiger partial charge >= 0.3 is 7.60 Å². The molecule has 0 spiro atoms. The highest BCUT2D eigenvalue weighted by Crippen LogP contribution is 2.51. The molecule has 21 heavy (non-hydrogen) atoms. The summed E-state index contributed by atoms with van der Waals surface area (Å²) in [6.07, 6.45) is 0. The van der Waals surface area contributed by atoms with Gasteiger partial charge < -0.3 is 19.1 Å². The van der Waals surface area contributed by atoms with E-state index in [9.17, 15) is 14.2 Å². The second-order valence-electron chi connectivity index (χ2n) is 4.10. The summed E-state index contributed by atoms with van der Waals surface area (Å²) in [5.41, 5.74) is 0.254. The van der Waals surface area contributed by atoms with Crippen molar-refractivity contribution < 1.29 is 27.9 Å². The lowest BCUT2D eigenvalue weighted by Crippen LogP contribution is -2.40. The Balaban J connectivity index is 3.15. The summed E-state index contributed by atoms with van der Waals surface area (Å²) in [7, 11) is 0.00903. The van der Waals surface area contributed by atoms with Crippen LogP contribution in [0.25, 0.3) is 0 Å². The van der Waals surface area contributed by atoms with Crippen molar-refractivity contribution in [1.29, 1.82) is 0 Å². The first-order valence-electron chi connectivity index (χ1n) is 6.04. The van der Waals surface area contributed by atoms with Crippen LogP contribution in [0, 0.1) is 0 Å². The van der Waals surface area contributed by atoms with Gasteiger partial charge in [0.05, 0.1) is 7.11 Å². The highest BCUT2D eigenvalue weighted by Gasteiger charge is 2.40. The molecule has 116 valence electrons. The van der Waals surface area contributed by atoms with Gasteiger partial charge in [0.2, 0.25) is 5.91 Å². The van der Waals surface area contributed by atoms with E-state index >= 15 is 0 Å². The van der Waals surface area contributed by atoms with Crippen molar-refractivity contribution in [2.45, 2.75) is 12.7 Å². The summed E-state index contributed by atoms with van der Waals surface area (Å²) in [6, 6.07) is 6.18. The number of methoxy groups -OCH3 is 1. The molecule has 0 bridgehead atoms. The van der Waals surface area contributed by atoms with E-state index in [0.29, 0.717) is 5.75 Å². The predicted molar refractivity (Wildman–Crippen MR) is 76.6 cm³/mol. The first-order valence-corrected chi connectivity index (χ1v) is 7.65. The normalized spacial score (nSPS) is 12.6. The van der Waals surface area contributed by atoms with Crippen molar-refractivity contribution in [3.63, 3.8) is 0 Å². The van der Waals surface area contributed by atoms with E-state index in [1.807, 2.05) is 0 Å². The van der Waals surface area contributed by atoms with E-state index in [2.05, 4.69) is 5.32 Å². The van der Waals surface area contributed by atoms with Crippen LogP contribution in [0.15, 0.2) is 24.3 Å².